The van der Waals surface area contributed by atoms with Gasteiger partial charge in [-0.05, 0) is 36.9 Å². The van der Waals surface area contributed by atoms with E-state index in [9.17, 15) is 39.4 Å². The fourth-order valence-corrected chi connectivity index (χ4v) is 8.33. The highest BCUT2D eigenvalue weighted by Gasteiger charge is 2.83. The Morgan fingerprint density at radius 1 is 0.900 bits per heavy atom. The molecule has 50 heavy (non-hydrogen) atoms. The molecule has 2 unspecified atom stereocenters. The van der Waals surface area contributed by atoms with Crippen LogP contribution in [0.5, 0.6) is 5.75 Å². The van der Waals surface area contributed by atoms with Gasteiger partial charge in [0.15, 0.2) is 34.5 Å². The van der Waals surface area contributed by atoms with Crippen molar-refractivity contribution in [3.8, 4) is 11.8 Å². The molecule has 14 nitrogen and oxygen atoms in total. The molecule has 0 aliphatic heterocycles. The number of phenols is 1. The normalized spacial score (nSPS) is 31.8. The molecule has 3 aromatic rings. The van der Waals surface area contributed by atoms with E-state index in [1.165, 1.54) is 20.2 Å². The van der Waals surface area contributed by atoms with E-state index in [2.05, 4.69) is 0 Å². The molecule has 1 amide bonds. The van der Waals surface area contributed by atoms with Crippen LogP contribution in [-0.4, -0.2) is 81.5 Å². The van der Waals surface area contributed by atoms with Crippen LogP contribution < -0.4 is 27.8 Å². The Balaban J connectivity index is 1.55. The lowest BCUT2D eigenvalue weighted by Gasteiger charge is -2.64. The number of aliphatic hydroxyl groups is 1. The number of nitriles is 1. The second-order valence-electron chi connectivity index (χ2n) is 13.5. The standard InChI is InChI=1S/C36H37N7O7/c1-42(2)29-27(46)23(32(39)49)30(47)34(17-37)31(48)24-26(45)22-20(28(38)35(24,40)33(50)36(29,34)41)13-14-21(25(22)44)43(15-18-9-5-3-6-10-18)16-19-11-7-4-8-12-19/h3-14,23-24,28-29,33,44,50H,15-16,38,40-41H2,1-2H3,(H2,39,49)/t23?,24?,28-,29+,33-,34-,35+,36-/m0/s1. The van der Waals surface area contributed by atoms with Gasteiger partial charge < -0.3 is 38.0 Å². The predicted molar refractivity (Wildman–Crippen MR) is 179 cm³/mol. The first-order chi connectivity index (χ1) is 23.6. The maximum atomic E-state index is 14.8. The number of ketones is 4. The Bertz CT molecular complexity index is 1940. The number of primary amides is 1. The Morgan fingerprint density at radius 2 is 1.44 bits per heavy atom. The third-order valence-electron chi connectivity index (χ3n) is 10.7. The van der Waals surface area contributed by atoms with Crippen molar-refractivity contribution in [2.45, 2.75) is 42.4 Å². The van der Waals surface area contributed by atoms with E-state index in [1.807, 2.05) is 65.6 Å². The minimum absolute atomic E-state index is 0.0286. The van der Waals surface area contributed by atoms with Crippen LogP contribution in [0.2, 0.25) is 0 Å². The molecule has 2 fully saturated rings. The van der Waals surface area contributed by atoms with Crippen LogP contribution in [0, 0.1) is 28.6 Å². The highest BCUT2D eigenvalue weighted by molar-refractivity contribution is 6.33. The van der Waals surface area contributed by atoms with E-state index in [1.54, 1.807) is 12.1 Å². The van der Waals surface area contributed by atoms with Gasteiger partial charge in [-0.3, -0.25) is 28.9 Å². The van der Waals surface area contributed by atoms with E-state index >= 15 is 0 Å². The molecule has 0 bridgehead atoms. The number of aromatic hydroxyl groups is 1. The zero-order valence-electron chi connectivity index (χ0n) is 27.3. The summed E-state index contributed by atoms with van der Waals surface area (Å²) in [6, 6.07) is 19.9. The number of benzene rings is 3. The summed E-state index contributed by atoms with van der Waals surface area (Å²) < 4.78 is 0. The smallest absolute Gasteiger partial charge is 0.235 e. The number of hydrogen-bond donors (Lipinski definition) is 6. The van der Waals surface area contributed by atoms with E-state index in [0.29, 0.717) is 13.1 Å². The topological polar surface area (TPSA) is 260 Å². The average molecular weight is 680 g/mol. The van der Waals surface area contributed by atoms with Crippen molar-refractivity contribution in [2.24, 2.45) is 40.2 Å². The van der Waals surface area contributed by atoms with Gasteiger partial charge in [0.1, 0.15) is 11.7 Å². The fourth-order valence-electron chi connectivity index (χ4n) is 8.33. The highest BCUT2D eigenvalue weighted by atomic mass is 16.3. The number of nitrogens with two attached hydrogens (primary N) is 4. The van der Waals surface area contributed by atoms with E-state index < -0.39 is 81.3 Å². The molecule has 258 valence electrons. The number of likely N-dealkylation sites (N-methyl/N-ethyl adjacent to an activating group) is 1. The summed E-state index contributed by atoms with van der Waals surface area (Å²) in [5.41, 5.74) is 18.9. The molecule has 10 N–H and O–H groups in total. The minimum Gasteiger partial charge on any atom is -0.505 e. The van der Waals surface area contributed by atoms with E-state index in [4.69, 9.17) is 22.9 Å². The molecular formula is C36H37N7O7. The summed E-state index contributed by atoms with van der Waals surface area (Å²) >= 11 is 0. The van der Waals surface area contributed by atoms with Gasteiger partial charge in [0.2, 0.25) is 5.91 Å². The lowest BCUT2D eigenvalue weighted by Crippen LogP contribution is -2.92. The van der Waals surface area contributed by atoms with Crippen molar-refractivity contribution in [3.63, 3.8) is 0 Å². The van der Waals surface area contributed by atoms with Gasteiger partial charge in [-0.15, -0.1) is 0 Å². The van der Waals surface area contributed by atoms with Crippen molar-refractivity contribution in [1.82, 2.24) is 4.90 Å². The SMILES string of the molecule is CN(C)[C@@H]1C(=O)C(C(N)=O)C(=O)[C@@]2(C#N)C(=O)C3C(=O)c4c(ccc(N(Cc5ccccc5)Cc5ccccc5)c4O)[C@H](N)[C@@]3(N)[C@H](O)[C@@]12N. The van der Waals surface area contributed by atoms with E-state index in [-0.39, 0.29) is 16.8 Å². The first-order valence-corrected chi connectivity index (χ1v) is 15.8. The maximum Gasteiger partial charge on any atom is 0.235 e. The average Bonchev–Trinajstić information content (AvgIpc) is 3.07. The number of anilines is 1. The second-order valence-corrected chi connectivity index (χ2v) is 13.5. The van der Waals surface area contributed by atoms with Gasteiger partial charge in [-0.1, -0.05) is 66.7 Å². The van der Waals surface area contributed by atoms with Gasteiger partial charge in [0.25, 0.3) is 0 Å². The third-order valence-corrected chi connectivity index (χ3v) is 10.7. The first kappa shape index (κ1) is 34.6. The molecule has 0 heterocycles. The van der Waals surface area contributed by atoms with Crippen LogP contribution in [0.4, 0.5) is 5.69 Å². The Labute approximate surface area is 287 Å². The summed E-state index contributed by atoms with van der Waals surface area (Å²) in [5.74, 6) is -11.8. The predicted octanol–water partition coefficient (Wildman–Crippen LogP) is -0.557. The molecule has 3 aromatic carbocycles. The molecule has 0 saturated heterocycles. The Morgan fingerprint density at radius 3 is 1.92 bits per heavy atom. The molecule has 14 heteroatoms. The summed E-state index contributed by atoms with van der Waals surface area (Å²) in [4.78, 5) is 72.6. The fraction of sp³-hybridized carbons (Fsp3) is 0.333. The Hall–Kier alpha value is -5.30. The van der Waals surface area contributed by atoms with Gasteiger partial charge in [0, 0.05) is 13.1 Å². The van der Waals surface area contributed by atoms with Crippen molar-refractivity contribution in [1.29, 1.82) is 5.26 Å². The van der Waals surface area contributed by atoms with Crippen LogP contribution in [0.1, 0.15) is 33.1 Å². The maximum absolute atomic E-state index is 14.8. The van der Waals surface area contributed by atoms with Crippen LogP contribution in [0.25, 0.3) is 0 Å². The molecule has 0 spiro atoms. The largest absolute Gasteiger partial charge is 0.505 e. The van der Waals surface area contributed by atoms with Crippen LogP contribution in [0.15, 0.2) is 72.8 Å². The summed E-state index contributed by atoms with van der Waals surface area (Å²) in [7, 11) is 2.66. The second kappa shape index (κ2) is 11.9. The van der Waals surface area contributed by atoms with Gasteiger partial charge >= 0.3 is 0 Å². The van der Waals surface area contributed by atoms with Crippen molar-refractivity contribution in [3.05, 3.63) is 95.1 Å². The van der Waals surface area contributed by atoms with Gasteiger partial charge in [-0.2, -0.15) is 5.26 Å². The molecule has 2 saturated carbocycles. The molecular weight excluding hydrogens is 642 g/mol. The zero-order chi connectivity index (χ0) is 36.5. The number of carbonyl (C=O) groups is 5. The van der Waals surface area contributed by atoms with Gasteiger partial charge in [-0.25, -0.2) is 0 Å². The number of Topliss-reactive ketones (excluding diaryl/α,β-unsaturated/α-hetero) is 4. The quantitative estimate of drug-likeness (QED) is 0.171. The molecule has 8 atom stereocenters. The number of nitrogens with zero attached hydrogens (tertiary/aromatic N) is 3. The Kier molecular flexibility index (Phi) is 8.25. The zero-order valence-corrected chi connectivity index (χ0v) is 27.3. The van der Waals surface area contributed by atoms with Crippen LogP contribution >= 0.6 is 0 Å². The lowest BCUT2D eigenvalue weighted by atomic mass is 9.41. The van der Waals surface area contributed by atoms with E-state index in [0.717, 1.165) is 16.0 Å². The number of rotatable bonds is 7. The molecule has 6 rings (SSSR count). The molecule has 3 aliphatic carbocycles. The van der Waals surface area contributed by atoms with Crippen molar-refractivity contribution >= 4 is 34.7 Å². The summed E-state index contributed by atoms with van der Waals surface area (Å²) in [5, 5.41) is 34.7. The first-order valence-electron chi connectivity index (χ1n) is 15.8. The highest BCUT2D eigenvalue weighted by Crippen LogP contribution is 2.58. The monoisotopic (exact) mass is 679 g/mol. The van der Waals surface area contributed by atoms with Crippen LogP contribution in [0.3, 0.4) is 0 Å². The number of aliphatic hydroxyl groups excluding tert-OH is 1. The number of carbonyl (C=O) groups excluding carboxylic acids is 5. The minimum atomic E-state index is -3.14. The van der Waals surface area contributed by atoms with Crippen molar-refractivity contribution in [2.75, 3.05) is 19.0 Å². The number of fused-ring (bicyclic) bond motifs is 3. The van der Waals surface area contributed by atoms with Crippen molar-refractivity contribution < 1.29 is 34.2 Å². The van der Waals surface area contributed by atoms with Crippen LogP contribution in [-0.2, 0) is 32.3 Å². The summed E-state index contributed by atoms with van der Waals surface area (Å²) in [6.07, 6.45) is -2.33. The molecule has 3 aliphatic rings. The number of amides is 1. The number of hydrogen-bond acceptors (Lipinski definition) is 13. The molecule has 0 aromatic heterocycles. The lowest BCUT2D eigenvalue weighted by molar-refractivity contribution is -0.181. The summed E-state index contributed by atoms with van der Waals surface area (Å²) in [6.45, 7) is 0.584. The molecule has 0 radical (unpaired) electrons. The number of phenolic OH excluding ortho intramolecular Hbond substituents is 1. The third kappa shape index (κ3) is 4.41. The van der Waals surface area contributed by atoms with Gasteiger partial charge in [0.05, 0.1) is 46.6 Å².